The lowest BCUT2D eigenvalue weighted by atomic mass is 9.91. The molecule has 2 aliphatic rings. The maximum Gasteiger partial charge on any atom is 0.0555 e. The lowest BCUT2D eigenvalue weighted by molar-refractivity contribution is 0.107. The highest BCUT2D eigenvalue weighted by Crippen LogP contribution is 2.42. The van der Waals surface area contributed by atoms with Gasteiger partial charge in [-0.05, 0) is 62.1 Å². The van der Waals surface area contributed by atoms with Gasteiger partial charge in [-0.15, -0.1) is 0 Å². The van der Waals surface area contributed by atoms with Gasteiger partial charge in [0.15, 0.2) is 0 Å². The molecule has 2 nitrogen and oxygen atoms in total. The monoisotopic (exact) mass is 279 g/mol. The smallest absolute Gasteiger partial charge is 0.0555 e. The maximum atomic E-state index is 9.80. The van der Waals surface area contributed by atoms with Crippen LogP contribution in [-0.4, -0.2) is 17.3 Å². The van der Waals surface area contributed by atoms with Crippen molar-refractivity contribution < 1.29 is 5.11 Å². The molecule has 1 aromatic carbocycles. The van der Waals surface area contributed by atoms with E-state index in [1.165, 1.54) is 24.8 Å². The first-order valence-electron chi connectivity index (χ1n) is 7.42. The number of halogens is 1. The highest BCUT2D eigenvalue weighted by molar-refractivity contribution is 6.30. The number of nitrogens with one attached hydrogen (secondary N) is 1. The summed E-state index contributed by atoms with van der Waals surface area (Å²) in [4.78, 5) is 0. The number of benzene rings is 1. The fraction of sp³-hybridized carbons (Fsp3) is 0.625. The van der Waals surface area contributed by atoms with Crippen LogP contribution in [0, 0.1) is 5.92 Å². The summed E-state index contributed by atoms with van der Waals surface area (Å²) in [6.07, 6.45) is 6.70. The highest BCUT2D eigenvalue weighted by Gasteiger charge is 2.34. The third-order valence-electron chi connectivity index (χ3n) is 4.38. The van der Waals surface area contributed by atoms with Crippen molar-refractivity contribution in [3.8, 4) is 0 Å². The van der Waals surface area contributed by atoms with Crippen LogP contribution in [0.2, 0.25) is 5.02 Å². The molecule has 0 radical (unpaired) electrons. The van der Waals surface area contributed by atoms with Crippen LogP contribution in [0.1, 0.15) is 50.1 Å². The number of aliphatic hydroxyl groups excluding tert-OH is 1. The minimum Gasteiger partial charge on any atom is -0.393 e. The van der Waals surface area contributed by atoms with E-state index in [1.807, 2.05) is 12.1 Å². The minimum absolute atomic E-state index is 0.115. The van der Waals surface area contributed by atoms with Gasteiger partial charge in [-0.1, -0.05) is 23.7 Å². The molecule has 2 fully saturated rings. The number of rotatable bonds is 4. The first-order valence-corrected chi connectivity index (χ1v) is 7.80. The quantitative estimate of drug-likeness (QED) is 0.881. The summed E-state index contributed by atoms with van der Waals surface area (Å²) in [5.41, 5.74) is 1.34. The lowest BCUT2D eigenvalue weighted by Crippen LogP contribution is -2.39. The minimum atomic E-state index is -0.115. The Morgan fingerprint density at radius 2 is 1.84 bits per heavy atom. The Morgan fingerprint density at radius 3 is 2.47 bits per heavy atom. The van der Waals surface area contributed by atoms with Gasteiger partial charge in [0.25, 0.3) is 0 Å². The molecular formula is C16H22ClNO. The van der Waals surface area contributed by atoms with Gasteiger partial charge in [0.05, 0.1) is 6.10 Å². The van der Waals surface area contributed by atoms with Crippen LogP contribution in [0.15, 0.2) is 24.3 Å². The molecule has 2 saturated carbocycles. The molecule has 3 unspecified atom stereocenters. The van der Waals surface area contributed by atoms with Gasteiger partial charge in [-0.2, -0.15) is 0 Å². The standard InChI is InChI=1S/C16H22ClNO/c17-13-8-6-12(7-9-13)16(11-4-5-11)18-14-2-1-3-15(19)10-14/h6-9,11,14-16,18-19H,1-5,10H2. The molecule has 0 amide bonds. The summed E-state index contributed by atoms with van der Waals surface area (Å²) < 4.78 is 0. The summed E-state index contributed by atoms with van der Waals surface area (Å²) in [5, 5.41) is 14.4. The zero-order valence-electron chi connectivity index (χ0n) is 11.2. The maximum absolute atomic E-state index is 9.80. The topological polar surface area (TPSA) is 32.3 Å². The average Bonchev–Trinajstić information content (AvgIpc) is 3.22. The normalized spacial score (nSPS) is 29.2. The van der Waals surface area contributed by atoms with E-state index in [9.17, 15) is 5.11 Å². The van der Waals surface area contributed by atoms with E-state index < -0.39 is 0 Å². The van der Waals surface area contributed by atoms with Crippen molar-refractivity contribution in [2.24, 2.45) is 5.92 Å². The molecule has 0 saturated heterocycles. The Morgan fingerprint density at radius 1 is 1.11 bits per heavy atom. The molecule has 3 atom stereocenters. The fourth-order valence-electron chi connectivity index (χ4n) is 3.17. The Labute approximate surface area is 120 Å². The zero-order valence-corrected chi connectivity index (χ0v) is 11.9. The molecule has 19 heavy (non-hydrogen) atoms. The van der Waals surface area contributed by atoms with Crippen molar-refractivity contribution in [1.29, 1.82) is 0 Å². The number of aliphatic hydroxyl groups is 1. The van der Waals surface area contributed by atoms with Crippen molar-refractivity contribution in [3.63, 3.8) is 0 Å². The van der Waals surface area contributed by atoms with Gasteiger partial charge in [0.2, 0.25) is 0 Å². The molecule has 0 spiro atoms. The second kappa shape index (κ2) is 5.82. The van der Waals surface area contributed by atoms with Crippen LogP contribution in [-0.2, 0) is 0 Å². The summed E-state index contributed by atoms with van der Waals surface area (Å²) in [7, 11) is 0. The second-order valence-electron chi connectivity index (χ2n) is 6.05. The highest BCUT2D eigenvalue weighted by atomic mass is 35.5. The van der Waals surface area contributed by atoms with Crippen LogP contribution in [0.4, 0.5) is 0 Å². The van der Waals surface area contributed by atoms with Gasteiger partial charge >= 0.3 is 0 Å². The van der Waals surface area contributed by atoms with Crippen LogP contribution in [0.5, 0.6) is 0 Å². The first kappa shape index (κ1) is 13.4. The van der Waals surface area contributed by atoms with Crippen molar-refractivity contribution in [3.05, 3.63) is 34.9 Å². The zero-order chi connectivity index (χ0) is 13.2. The van der Waals surface area contributed by atoms with Crippen molar-refractivity contribution in [2.45, 2.75) is 56.7 Å². The average molecular weight is 280 g/mol. The van der Waals surface area contributed by atoms with Crippen LogP contribution >= 0.6 is 11.6 Å². The van der Waals surface area contributed by atoms with E-state index in [0.717, 1.165) is 30.2 Å². The predicted molar refractivity (Wildman–Crippen MR) is 78.3 cm³/mol. The molecule has 0 aromatic heterocycles. The van der Waals surface area contributed by atoms with Crippen molar-refractivity contribution in [1.82, 2.24) is 5.32 Å². The molecule has 0 heterocycles. The van der Waals surface area contributed by atoms with E-state index in [0.29, 0.717) is 12.1 Å². The third-order valence-corrected chi connectivity index (χ3v) is 4.64. The fourth-order valence-corrected chi connectivity index (χ4v) is 3.30. The molecule has 3 heteroatoms. The van der Waals surface area contributed by atoms with Crippen LogP contribution in [0.3, 0.4) is 0 Å². The van der Waals surface area contributed by atoms with Crippen molar-refractivity contribution >= 4 is 11.6 Å². The summed E-state index contributed by atoms with van der Waals surface area (Å²) in [6, 6.07) is 9.13. The molecule has 2 aliphatic carbocycles. The lowest BCUT2D eigenvalue weighted by Gasteiger charge is -2.31. The van der Waals surface area contributed by atoms with E-state index in [4.69, 9.17) is 11.6 Å². The first-order chi connectivity index (χ1) is 9.22. The molecule has 2 N–H and O–H groups in total. The Kier molecular flexibility index (Phi) is 4.11. The SMILES string of the molecule is OC1CCCC(NC(c2ccc(Cl)cc2)C2CC2)C1. The molecule has 0 bridgehead atoms. The van der Waals surface area contributed by atoms with E-state index >= 15 is 0 Å². The summed E-state index contributed by atoms with van der Waals surface area (Å²) in [6.45, 7) is 0. The third kappa shape index (κ3) is 3.50. The van der Waals surface area contributed by atoms with Gasteiger partial charge in [0, 0.05) is 17.1 Å². The molecule has 0 aliphatic heterocycles. The van der Waals surface area contributed by atoms with Crippen LogP contribution < -0.4 is 5.32 Å². The van der Waals surface area contributed by atoms with E-state index in [2.05, 4.69) is 17.4 Å². The van der Waals surface area contributed by atoms with E-state index in [1.54, 1.807) is 0 Å². The number of hydrogen-bond donors (Lipinski definition) is 2. The van der Waals surface area contributed by atoms with Crippen molar-refractivity contribution in [2.75, 3.05) is 0 Å². The summed E-state index contributed by atoms with van der Waals surface area (Å²) >= 11 is 5.97. The molecular weight excluding hydrogens is 258 g/mol. The van der Waals surface area contributed by atoms with Crippen LogP contribution in [0.25, 0.3) is 0 Å². The number of hydrogen-bond acceptors (Lipinski definition) is 2. The molecule has 1 aromatic rings. The largest absolute Gasteiger partial charge is 0.393 e. The Hall–Kier alpha value is -0.570. The van der Waals surface area contributed by atoms with Gasteiger partial charge in [-0.3, -0.25) is 0 Å². The molecule has 104 valence electrons. The van der Waals surface area contributed by atoms with E-state index in [-0.39, 0.29) is 6.10 Å². The second-order valence-corrected chi connectivity index (χ2v) is 6.49. The van der Waals surface area contributed by atoms with Gasteiger partial charge in [-0.25, -0.2) is 0 Å². The van der Waals surface area contributed by atoms with Gasteiger partial charge < -0.3 is 10.4 Å². The summed E-state index contributed by atoms with van der Waals surface area (Å²) in [5.74, 6) is 0.764. The Bertz CT molecular complexity index is 415. The predicted octanol–water partition coefficient (Wildman–Crippen LogP) is 3.68. The Balaban J connectivity index is 1.69. The molecule has 3 rings (SSSR count). The van der Waals surface area contributed by atoms with Gasteiger partial charge in [0.1, 0.15) is 0 Å².